The first-order valence-electron chi connectivity index (χ1n) is 7.65. The predicted octanol–water partition coefficient (Wildman–Crippen LogP) is -0.351. The highest BCUT2D eigenvalue weighted by molar-refractivity contribution is 8.76. The molecule has 0 aromatic heterocycles. The number of hydrogen-bond donors (Lipinski definition) is 4. The van der Waals surface area contributed by atoms with Crippen LogP contribution in [0.3, 0.4) is 0 Å². The summed E-state index contributed by atoms with van der Waals surface area (Å²) in [6, 6.07) is -1.27. The van der Waals surface area contributed by atoms with Crippen molar-refractivity contribution in [1.29, 1.82) is 0 Å². The minimum Gasteiger partial charge on any atom is -0.355 e. The third kappa shape index (κ3) is 10.4. The summed E-state index contributed by atoms with van der Waals surface area (Å²) >= 11 is 0. The van der Waals surface area contributed by atoms with Gasteiger partial charge in [0.25, 0.3) is 0 Å². The molecule has 138 valence electrons. The maximum atomic E-state index is 11.9. The largest absolute Gasteiger partial charge is 0.355 e. The van der Waals surface area contributed by atoms with Crippen LogP contribution in [0.4, 0.5) is 0 Å². The van der Waals surface area contributed by atoms with Crippen molar-refractivity contribution in [2.75, 3.05) is 24.6 Å². The average molecular weight is 379 g/mol. The molecule has 8 nitrogen and oxygen atoms in total. The lowest BCUT2D eigenvalue weighted by Gasteiger charge is -2.18. The monoisotopic (exact) mass is 378 g/mol. The van der Waals surface area contributed by atoms with E-state index in [-0.39, 0.29) is 23.6 Å². The van der Waals surface area contributed by atoms with Crippen LogP contribution in [0.1, 0.15) is 27.7 Å². The van der Waals surface area contributed by atoms with Gasteiger partial charge in [0.15, 0.2) is 0 Å². The Balaban J connectivity index is 4.44. The molecule has 0 aromatic carbocycles. The predicted molar refractivity (Wildman–Crippen MR) is 97.5 cm³/mol. The second-order valence-electron chi connectivity index (χ2n) is 4.86. The van der Waals surface area contributed by atoms with E-state index in [9.17, 15) is 19.2 Å². The van der Waals surface area contributed by atoms with Crippen LogP contribution in [0.2, 0.25) is 0 Å². The summed E-state index contributed by atoms with van der Waals surface area (Å²) in [5, 5.41) is 10.5. The molecule has 0 aliphatic rings. The van der Waals surface area contributed by atoms with Gasteiger partial charge in [-0.15, -0.1) is 0 Å². The van der Waals surface area contributed by atoms with Crippen molar-refractivity contribution in [1.82, 2.24) is 21.3 Å². The van der Waals surface area contributed by atoms with Crippen molar-refractivity contribution in [3.63, 3.8) is 0 Å². The second-order valence-corrected chi connectivity index (χ2v) is 7.42. The van der Waals surface area contributed by atoms with Gasteiger partial charge in [-0.3, -0.25) is 19.2 Å². The molecule has 4 N–H and O–H groups in total. The Labute approximate surface area is 150 Å². The zero-order valence-electron chi connectivity index (χ0n) is 14.4. The van der Waals surface area contributed by atoms with E-state index in [1.54, 1.807) is 13.8 Å². The van der Waals surface area contributed by atoms with Crippen LogP contribution in [-0.4, -0.2) is 60.3 Å². The van der Waals surface area contributed by atoms with Gasteiger partial charge >= 0.3 is 0 Å². The fourth-order valence-corrected chi connectivity index (χ4v) is 4.01. The van der Waals surface area contributed by atoms with E-state index in [1.165, 1.54) is 35.4 Å². The molecule has 0 aromatic rings. The van der Waals surface area contributed by atoms with Crippen molar-refractivity contribution in [2.45, 2.75) is 39.8 Å². The molecule has 0 rings (SSSR count). The van der Waals surface area contributed by atoms with Crippen LogP contribution < -0.4 is 21.3 Å². The lowest BCUT2D eigenvalue weighted by Crippen LogP contribution is -2.48. The van der Waals surface area contributed by atoms with Crippen LogP contribution in [0.25, 0.3) is 0 Å². The third-order valence-corrected chi connectivity index (χ3v) is 5.06. The van der Waals surface area contributed by atoms with Gasteiger partial charge in [0.1, 0.15) is 12.1 Å². The van der Waals surface area contributed by atoms with E-state index in [0.29, 0.717) is 24.6 Å². The molecule has 0 heterocycles. The highest BCUT2D eigenvalue weighted by atomic mass is 33.1. The Morgan fingerprint density at radius 3 is 1.33 bits per heavy atom. The average Bonchev–Trinajstić information content (AvgIpc) is 2.48. The van der Waals surface area contributed by atoms with Gasteiger partial charge < -0.3 is 21.3 Å². The maximum absolute atomic E-state index is 11.9. The molecule has 0 bridgehead atoms. The zero-order valence-corrected chi connectivity index (χ0v) is 16.1. The van der Waals surface area contributed by atoms with Crippen LogP contribution in [0, 0.1) is 0 Å². The van der Waals surface area contributed by atoms with Crippen LogP contribution >= 0.6 is 21.6 Å². The third-order valence-electron chi connectivity index (χ3n) is 2.64. The van der Waals surface area contributed by atoms with E-state index >= 15 is 0 Å². The van der Waals surface area contributed by atoms with E-state index in [0.717, 1.165) is 0 Å². The highest BCUT2D eigenvalue weighted by Gasteiger charge is 2.21. The summed E-state index contributed by atoms with van der Waals surface area (Å²) in [7, 11) is 2.72. The number of carbonyl (C=O) groups is 4. The zero-order chi connectivity index (χ0) is 18.5. The molecule has 0 aliphatic heterocycles. The topological polar surface area (TPSA) is 116 Å². The Morgan fingerprint density at radius 2 is 1.08 bits per heavy atom. The van der Waals surface area contributed by atoms with E-state index in [4.69, 9.17) is 0 Å². The summed E-state index contributed by atoms with van der Waals surface area (Å²) in [6.07, 6.45) is 0. The summed E-state index contributed by atoms with van der Waals surface area (Å²) in [5.41, 5.74) is 0. The van der Waals surface area contributed by atoms with Crippen LogP contribution in [0.5, 0.6) is 0 Å². The standard InChI is InChI=1S/C14H26N4O4S2/c1-5-15-13(21)11(17-9(3)19)7-23-24-8-12(18-10(4)20)14(22)16-6-2/h11-12H,5-8H2,1-4H3,(H,15,21)(H,16,22)(H,17,19)(H,18,20). The van der Waals surface area contributed by atoms with Crippen molar-refractivity contribution in [3.05, 3.63) is 0 Å². The summed E-state index contributed by atoms with van der Waals surface area (Å²) in [6.45, 7) is 7.27. The molecule has 2 atom stereocenters. The van der Waals surface area contributed by atoms with E-state index < -0.39 is 12.1 Å². The Hall–Kier alpha value is -1.42. The molecule has 0 saturated carbocycles. The smallest absolute Gasteiger partial charge is 0.243 e. The fraction of sp³-hybridized carbons (Fsp3) is 0.714. The highest BCUT2D eigenvalue weighted by Crippen LogP contribution is 2.23. The van der Waals surface area contributed by atoms with Gasteiger partial charge in [-0.05, 0) is 13.8 Å². The Bertz CT molecular complexity index is 408. The van der Waals surface area contributed by atoms with Gasteiger partial charge in [0.05, 0.1) is 0 Å². The number of nitrogens with one attached hydrogen (secondary N) is 4. The Morgan fingerprint density at radius 1 is 0.750 bits per heavy atom. The molecule has 0 saturated heterocycles. The first kappa shape index (κ1) is 22.6. The lowest BCUT2D eigenvalue weighted by molar-refractivity contribution is -0.127. The van der Waals surface area contributed by atoms with Gasteiger partial charge in [0.2, 0.25) is 23.6 Å². The van der Waals surface area contributed by atoms with Crippen LogP contribution in [0.15, 0.2) is 0 Å². The minimum absolute atomic E-state index is 0.247. The Kier molecular flexibility index (Phi) is 12.2. The summed E-state index contributed by atoms with van der Waals surface area (Å²) in [5.74, 6) is -0.340. The van der Waals surface area contributed by atoms with E-state index in [2.05, 4.69) is 21.3 Å². The molecule has 0 spiro atoms. The molecule has 10 heteroatoms. The summed E-state index contributed by atoms with van der Waals surface area (Å²) in [4.78, 5) is 46.1. The molecule has 4 amide bonds. The van der Waals surface area contributed by atoms with E-state index in [1.807, 2.05) is 0 Å². The fourth-order valence-electron chi connectivity index (χ4n) is 1.68. The van der Waals surface area contributed by atoms with Crippen molar-refractivity contribution in [2.24, 2.45) is 0 Å². The first-order valence-corrected chi connectivity index (χ1v) is 10.1. The molecule has 0 aliphatic carbocycles. The molecule has 24 heavy (non-hydrogen) atoms. The number of rotatable bonds is 11. The maximum Gasteiger partial charge on any atom is 0.243 e. The number of likely N-dealkylation sites (N-methyl/N-ethyl adjacent to an activating group) is 2. The molecule has 2 unspecified atom stereocenters. The normalized spacial score (nSPS) is 12.7. The minimum atomic E-state index is -0.636. The number of carbonyl (C=O) groups excluding carboxylic acids is 4. The van der Waals surface area contributed by atoms with Crippen molar-refractivity contribution >= 4 is 45.2 Å². The summed E-state index contributed by atoms with van der Waals surface area (Å²) < 4.78 is 0. The quantitative estimate of drug-likeness (QED) is 0.288. The molecular formula is C14H26N4O4S2. The van der Waals surface area contributed by atoms with Crippen molar-refractivity contribution < 1.29 is 19.2 Å². The number of hydrogen-bond acceptors (Lipinski definition) is 6. The second kappa shape index (κ2) is 12.9. The van der Waals surface area contributed by atoms with Gasteiger partial charge in [0, 0.05) is 38.4 Å². The van der Waals surface area contributed by atoms with Gasteiger partial charge in [-0.25, -0.2) is 0 Å². The van der Waals surface area contributed by atoms with Gasteiger partial charge in [-0.2, -0.15) is 0 Å². The number of amides is 4. The SMILES string of the molecule is CCNC(=O)C(CSSCC(NC(C)=O)C(=O)NCC)NC(C)=O. The lowest BCUT2D eigenvalue weighted by atomic mass is 10.3. The van der Waals surface area contributed by atoms with Crippen LogP contribution in [-0.2, 0) is 19.2 Å². The van der Waals surface area contributed by atoms with Gasteiger partial charge in [-0.1, -0.05) is 21.6 Å². The first-order chi connectivity index (χ1) is 11.3. The molecule has 0 fully saturated rings. The van der Waals surface area contributed by atoms with Crippen molar-refractivity contribution in [3.8, 4) is 0 Å². The molecule has 0 radical (unpaired) electrons. The molecular weight excluding hydrogens is 352 g/mol.